The normalized spacial score (nSPS) is 12.7. The molecule has 13 heteroatoms. The molecule has 0 spiro atoms. The third kappa shape index (κ3) is 3.93. The molecule has 10 nitrogen and oxygen atoms in total. The first-order chi connectivity index (χ1) is 14.6. The van der Waals surface area contributed by atoms with Crippen LogP contribution in [-0.4, -0.2) is 42.7 Å². The maximum absolute atomic E-state index is 13.0. The van der Waals surface area contributed by atoms with Gasteiger partial charge in [0.05, 0.1) is 27.2 Å². The van der Waals surface area contributed by atoms with E-state index in [1.54, 1.807) is 0 Å². The number of nitrogens with one attached hydrogen (secondary N) is 2. The minimum Gasteiger partial charge on any atom is -0.351 e. The minimum atomic E-state index is -3.86. The van der Waals surface area contributed by atoms with Gasteiger partial charge in [0.15, 0.2) is 5.82 Å². The fraction of sp³-hybridized carbons (Fsp3) is 0.111. The second-order valence-corrected chi connectivity index (χ2v) is 8.84. The Balaban J connectivity index is 1.69. The highest BCUT2D eigenvalue weighted by molar-refractivity contribution is 7.87. The van der Waals surface area contributed by atoms with Crippen LogP contribution in [0.15, 0.2) is 35.1 Å². The zero-order valence-electron chi connectivity index (χ0n) is 15.5. The molecule has 4 N–H and O–H groups in total. The highest BCUT2D eigenvalue weighted by Gasteiger charge is 2.31. The van der Waals surface area contributed by atoms with E-state index in [2.05, 4.69) is 10.3 Å². The maximum atomic E-state index is 13.0. The molecule has 2 aromatic carbocycles. The molecule has 3 aromatic rings. The summed E-state index contributed by atoms with van der Waals surface area (Å²) in [5, 5.41) is 7.82. The lowest BCUT2D eigenvalue weighted by Gasteiger charge is -2.08. The van der Waals surface area contributed by atoms with Crippen molar-refractivity contribution < 1.29 is 18.0 Å². The van der Waals surface area contributed by atoms with Gasteiger partial charge in [-0.1, -0.05) is 23.2 Å². The monoisotopic (exact) mass is 481 g/mol. The SMILES string of the molecule is NS(=O)(=O)NCCNC(=O)c1ccc2c(c1)C(=O)c1nc3cc(Cl)cc(Cl)c3c(=O)n1-2. The fourth-order valence-electron chi connectivity index (χ4n) is 3.25. The highest BCUT2D eigenvalue weighted by Crippen LogP contribution is 2.30. The van der Waals surface area contributed by atoms with Crippen molar-refractivity contribution in [2.75, 3.05) is 13.1 Å². The van der Waals surface area contributed by atoms with E-state index in [0.717, 1.165) is 4.57 Å². The molecule has 0 radical (unpaired) electrons. The Morgan fingerprint density at radius 1 is 1.13 bits per heavy atom. The first kappa shape index (κ1) is 21.4. The molecule has 0 unspecified atom stereocenters. The van der Waals surface area contributed by atoms with Gasteiger partial charge in [-0.2, -0.15) is 8.42 Å². The number of nitrogens with two attached hydrogens (primary N) is 1. The van der Waals surface area contributed by atoms with Crippen LogP contribution >= 0.6 is 23.2 Å². The number of ketones is 1. The van der Waals surface area contributed by atoms with E-state index >= 15 is 0 Å². The predicted molar refractivity (Wildman–Crippen MR) is 114 cm³/mol. The Bertz CT molecular complexity index is 1450. The van der Waals surface area contributed by atoms with E-state index < -0.39 is 27.5 Å². The van der Waals surface area contributed by atoms with Crippen LogP contribution < -0.4 is 20.7 Å². The van der Waals surface area contributed by atoms with Gasteiger partial charge in [0.2, 0.25) is 5.78 Å². The molecule has 0 aliphatic carbocycles. The molecule has 1 aliphatic rings. The zero-order valence-corrected chi connectivity index (χ0v) is 17.8. The number of carbonyl (C=O) groups is 2. The van der Waals surface area contributed by atoms with Gasteiger partial charge in [0.25, 0.3) is 21.7 Å². The van der Waals surface area contributed by atoms with Crippen molar-refractivity contribution in [3.8, 4) is 5.69 Å². The molecule has 0 atom stereocenters. The molecule has 0 bridgehead atoms. The number of hydrogen-bond donors (Lipinski definition) is 3. The summed E-state index contributed by atoms with van der Waals surface area (Å²) in [5.74, 6) is -1.18. The number of halogens is 2. The van der Waals surface area contributed by atoms with Crippen molar-refractivity contribution in [2.45, 2.75) is 0 Å². The molecule has 4 rings (SSSR count). The standard InChI is InChI=1S/C18H13Cl2N5O5S/c19-9-6-11(20)14-12(7-9)24-16-15(26)10-5-8(1-2-13(10)25(16)18(14)28)17(27)22-3-4-23-31(21,29)30/h1-2,5-7,23H,3-4H2,(H,22,27)(H2,21,29,30). The van der Waals surface area contributed by atoms with Crippen LogP contribution in [0.4, 0.5) is 0 Å². The van der Waals surface area contributed by atoms with Crippen molar-refractivity contribution >= 4 is 56.0 Å². The predicted octanol–water partition coefficient (Wildman–Crippen LogP) is 0.760. The molecular formula is C18H13Cl2N5O5S. The number of amides is 1. The smallest absolute Gasteiger partial charge is 0.274 e. The van der Waals surface area contributed by atoms with Crippen LogP contribution in [0.2, 0.25) is 10.0 Å². The molecule has 2 heterocycles. The van der Waals surface area contributed by atoms with Gasteiger partial charge in [-0.3, -0.25) is 19.0 Å². The Hall–Kier alpha value is -2.83. The van der Waals surface area contributed by atoms with Crippen molar-refractivity contribution in [1.82, 2.24) is 19.6 Å². The highest BCUT2D eigenvalue weighted by atomic mass is 35.5. The van der Waals surface area contributed by atoms with Gasteiger partial charge < -0.3 is 5.32 Å². The van der Waals surface area contributed by atoms with Crippen LogP contribution in [0.25, 0.3) is 16.6 Å². The number of rotatable bonds is 5. The molecule has 31 heavy (non-hydrogen) atoms. The summed E-state index contributed by atoms with van der Waals surface area (Å²) in [6, 6.07) is 7.09. The third-order valence-corrected chi connectivity index (χ3v) is 5.67. The van der Waals surface area contributed by atoms with E-state index in [4.69, 9.17) is 28.3 Å². The van der Waals surface area contributed by atoms with E-state index in [9.17, 15) is 22.8 Å². The Morgan fingerprint density at radius 2 is 1.87 bits per heavy atom. The van der Waals surface area contributed by atoms with Gasteiger partial charge in [-0.15, -0.1) is 0 Å². The van der Waals surface area contributed by atoms with Crippen molar-refractivity contribution in [1.29, 1.82) is 0 Å². The van der Waals surface area contributed by atoms with Gasteiger partial charge in [-0.25, -0.2) is 14.8 Å². The van der Waals surface area contributed by atoms with Crippen LogP contribution in [0.3, 0.4) is 0 Å². The van der Waals surface area contributed by atoms with Gasteiger partial charge in [0, 0.05) is 23.7 Å². The molecule has 0 fully saturated rings. The Morgan fingerprint density at radius 3 is 2.58 bits per heavy atom. The summed E-state index contributed by atoms with van der Waals surface area (Å²) in [7, 11) is -3.86. The topological polar surface area (TPSA) is 153 Å². The lowest BCUT2D eigenvalue weighted by molar-refractivity contribution is 0.0954. The van der Waals surface area contributed by atoms with Crippen molar-refractivity contribution in [3.05, 3.63) is 67.7 Å². The number of hydrogen-bond acceptors (Lipinski definition) is 6. The summed E-state index contributed by atoms with van der Waals surface area (Å²) < 4.78 is 24.9. The van der Waals surface area contributed by atoms with Crippen LogP contribution in [0.5, 0.6) is 0 Å². The summed E-state index contributed by atoms with van der Waals surface area (Å²) in [6.45, 7) is -0.124. The van der Waals surface area contributed by atoms with Gasteiger partial charge in [0.1, 0.15) is 0 Å². The molecule has 1 aliphatic heterocycles. The number of fused-ring (bicyclic) bond motifs is 4. The van der Waals surface area contributed by atoms with E-state index in [0.29, 0.717) is 0 Å². The average molecular weight is 482 g/mol. The summed E-state index contributed by atoms with van der Waals surface area (Å²) >= 11 is 12.1. The summed E-state index contributed by atoms with van der Waals surface area (Å²) in [5.41, 5.74) is 0.208. The quantitative estimate of drug-likeness (QED) is 0.357. The number of aromatic nitrogens is 2. The van der Waals surface area contributed by atoms with Gasteiger partial charge >= 0.3 is 0 Å². The second kappa shape index (κ2) is 7.70. The molecule has 1 amide bonds. The molecule has 0 saturated heterocycles. The Kier molecular flexibility index (Phi) is 5.31. The second-order valence-electron chi connectivity index (χ2n) is 6.61. The first-order valence-electron chi connectivity index (χ1n) is 8.73. The maximum Gasteiger partial charge on any atom is 0.274 e. The van der Waals surface area contributed by atoms with Gasteiger partial charge in [-0.05, 0) is 30.3 Å². The molecular weight excluding hydrogens is 469 g/mol. The van der Waals surface area contributed by atoms with E-state index in [-0.39, 0.29) is 56.7 Å². The van der Waals surface area contributed by atoms with Crippen molar-refractivity contribution in [3.63, 3.8) is 0 Å². The number of benzene rings is 2. The minimum absolute atomic E-state index is 0.0216. The lowest BCUT2D eigenvalue weighted by atomic mass is 10.1. The largest absolute Gasteiger partial charge is 0.351 e. The number of nitrogens with zero attached hydrogens (tertiary/aromatic N) is 2. The Labute approximate surface area is 185 Å². The van der Waals surface area contributed by atoms with Crippen LogP contribution in [0.1, 0.15) is 26.5 Å². The molecule has 160 valence electrons. The van der Waals surface area contributed by atoms with Crippen LogP contribution in [-0.2, 0) is 10.2 Å². The molecule has 1 aromatic heterocycles. The first-order valence-corrected chi connectivity index (χ1v) is 11.0. The van der Waals surface area contributed by atoms with E-state index in [1.165, 1.54) is 30.3 Å². The lowest BCUT2D eigenvalue weighted by Crippen LogP contribution is -2.37. The third-order valence-electron chi connectivity index (χ3n) is 4.55. The van der Waals surface area contributed by atoms with Crippen LogP contribution in [0, 0.1) is 0 Å². The summed E-state index contributed by atoms with van der Waals surface area (Å²) in [6.07, 6.45) is 0. The average Bonchev–Trinajstić information content (AvgIpc) is 2.96. The van der Waals surface area contributed by atoms with Crippen molar-refractivity contribution in [2.24, 2.45) is 5.14 Å². The van der Waals surface area contributed by atoms with E-state index in [1.807, 2.05) is 4.72 Å². The summed E-state index contributed by atoms with van der Waals surface area (Å²) in [4.78, 5) is 42.5. The molecule has 0 saturated carbocycles. The fourth-order valence-corrected chi connectivity index (χ4v) is 4.20. The number of carbonyl (C=O) groups excluding carboxylic acids is 2. The zero-order chi connectivity index (χ0) is 22.5.